The topological polar surface area (TPSA) is 99.1 Å². The number of fused-ring (bicyclic) bond motifs is 1. The Kier molecular flexibility index (Phi) is 3.07. The SMILES string of the molecule is CC(=O)O[C@]1(C)C(=O)C23C=CC1C[C@@]21O[C@@H]2C(C)(C)C=C[C@H](O)C23COC1=O. The standard InChI is InChI=1S/C21H24O7/c1-11(22)27-18(4)12-5-8-20(14(18)24)19-10-26-16(25)21(20,9-12)28-15(19)17(2,3)7-6-13(19)23/h5-8,12-13,15,23H,9-10H2,1-4H3/t12?,13-,15+,18-,19?,20?,21-/m0/s1. The normalized spacial score (nSPS) is 52.1. The Morgan fingerprint density at radius 3 is 2.61 bits per heavy atom. The molecule has 28 heavy (non-hydrogen) atoms. The summed E-state index contributed by atoms with van der Waals surface area (Å²) in [6.45, 7) is 6.64. The minimum atomic E-state index is -1.52. The number of carbonyl (C=O) groups is 3. The Hall–Kier alpha value is -1.99. The van der Waals surface area contributed by atoms with Gasteiger partial charge in [-0.3, -0.25) is 9.59 Å². The van der Waals surface area contributed by atoms with Gasteiger partial charge >= 0.3 is 11.9 Å². The molecule has 6 rings (SSSR count). The maximum atomic E-state index is 14.1. The van der Waals surface area contributed by atoms with Crippen LogP contribution < -0.4 is 0 Å². The average Bonchev–Trinajstić information content (AvgIpc) is 2.83. The van der Waals surface area contributed by atoms with Crippen LogP contribution in [0.25, 0.3) is 0 Å². The van der Waals surface area contributed by atoms with Gasteiger partial charge in [0.1, 0.15) is 12.0 Å². The smallest absolute Gasteiger partial charge is 0.339 e. The van der Waals surface area contributed by atoms with Crippen molar-refractivity contribution in [1.82, 2.24) is 0 Å². The molecule has 150 valence electrons. The van der Waals surface area contributed by atoms with Crippen LogP contribution in [-0.2, 0) is 28.6 Å². The quantitative estimate of drug-likeness (QED) is 0.530. The number of carbonyl (C=O) groups excluding carboxylic acids is 3. The van der Waals surface area contributed by atoms with Crippen molar-refractivity contribution in [3.05, 3.63) is 24.3 Å². The monoisotopic (exact) mass is 388 g/mol. The van der Waals surface area contributed by atoms with Gasteiger partial charge in [-0.25, -0.2) is 4.79 Å². The first-order chi connectivity index (χ1) is 13.0. The van der Waals surface area contributed by atoms with Crippen molar-refractivity contribution in [2.75, 3.05) is 6.61 Å². The maximum Gasteiger partial charge on any atom is 0.339 e. The van der Waals surface area contributed by atoms with Crippen molar-refractivity contribution in [3.8, 4) is 0 Å². The molecule has 0 radical (unpaired) electrons. The van der Waals surface area contributed by atoms with Crippen molar-refractivity contribution in [2.24, 2.45) is 22.2 Å². The lowest BCUT2D eigenvalue weighted by molar-refractivity contribution is -0.226. The molecule has 2 spiro atoms. The number of cyclic esters (lactones) is 1. The molecule has 4 aliphatic carbocycles. The van der Waals surface area contributed by atoms with Crippen LogP contribution in [0.15, 0.2) is 24.3 Å². The van der Waals surface area contributed by atoms with Gasteiger partial charge in [0.25, 0.3) is 0 Å². The summed E-state index contributed by atoms with van der Waals surface area (Å²) in [5, 5.41) is 11.2. The van der Waals surface area contributed by atoms with E-state index in [1.165, 1.54) is 6.92 Å². The second-order valence-electron chi connectivity index (χ2n) is 9.57. The summed E-state index contributed by atoms with van der Waals surface area (Å²) in [5.41, 5.74) is -6.11. The minimum Gasteiger partial charge on any atom is -0.463 e. The van der Waals surface area contributed by atoms with Gasteiger partial charge in [0.05, 0.1) is 17.6 Å². The second kappa shape index (κ2) is 4.76. The van der Waals surface area contributed by atoms with Gasteiger partial charge in [0.2, 0.25) is 0 Å². The molecule has 4 bridgehead atoms. The van der Waals surface area contributed by atoms with Crippen LogP contribution >= 0.6 is 0 Å². The number of ether oxygens (including phenoxy) is 3. The molecular weight excluding hydrogens is 364 g/mol. The first kappa shape index (κ1) is 18.1. The van der Waals surface area contributed by atoms with E-state index in [0.717, 1.165) is 0 Å². The van der Waals surface area contributed by atoms with Crippen LogP contribution in [0.3, 0.4) is 0 Å². The van der Waals surface area contributed by atoms with Crippen molar-refractivity contribution in [2.45, 2.75) is 57.5 Å². The Bertz CT molecular complexity index is 887. The van der Waals surface area contributed by atoms with Crippen LogP contribution in [0.5, 0.6) is 0 Å². The largest absolute Gasteiger partial charge is 0.463 e. The Balaban J connectivity index is 1.82. The third-order valence-corrected chi connectivity index (χ3v) is 7.80. The summed E-state index contributed by atoms with van der Waals surface area (Å²) in [6, 6.07) is 0. The number of aliphatic hydroxyl groups excluding tert-OH is 1. The Morgan fingerprint density at radius 2 is 1.93 bits per heavy atom. The molecule has 7 heteroatoms. The van der Waals surface area contributed by atoms with Crippen molar-refractivity contribution >= 4 is 17.7 Å². The van der Waals surface area contributed by atoms with Crippen molar-refractivity contribution < 1.29 is 33.7 Å². The first-order valence-corrected chi connectivity index (χ1v) is 9.64. The first-order valence-electron chi connectivity index (χ1n) is 9.64. The lowest BCUT2D eigenvalue weighted by Gasteiger charge is -2.62. The highest BCUT2D eigenvalue weighted by Gasteiger charge is 2.89. The summed E-state index contributed by atoms with van der Waals surface area (Å²) in [6.07, 6.45) is 5.60. The van der Waals surface area contributed by atoms with Crippen molar-refractivity contribution in [3.63, 3.8) is 0 Å². The van der Waals surface area contributed by atoms with Crippen LogP contribution in [0.4, 0.5) is 0 Å². The molecule has 1 saturated carbocycles. The zero-order chi connectivity index (χ0) is 20.3. The molecule has 1 N–H and O–H groups in total. The van der Waals surface area contributed by atoms with Crippen LogP contribution in [0.2, 0.25) is 0 Å². The lowest BCUT2D eigenvalue weighted by atomic mass is 9.40. The fourth-order valence-corrected chi connectivity index (χ4v) is 6.62. The van der Waals surface area contributed by atoms with E-state index in [4.69, 9.17) is 14.2 Å². The highest BCUT2D eigenvalue weighted by atomic mass is 16.6. The number of esters is 2. The van der Waals surface area contributed by atoms with Crippen molar-refractivity contribution in [1.29, 1.82) is 0 Å². The van der Waals surface area contributed by atoms with Gasteiger partial charge in [0.15, 0.2) is 17.0 Å². The van der Waals surface area contributed by atoms with Crippen LogP contribution in [-0.4, -0.2) is 52.8 Å². The molecule has 7 atom stereocenters. The number of hydrogen-bond donors (Lipinski definition) is 1. The Labute approximate surface area is 162 Å². The van der Waals surface area contributed by atoms with Crippen LogP contribution in [0, 0.1) is 22.2 Å². The third kappa shape index (κ3) is 1.53. The van der Waals surface area contributed by atoms with Gasteiger partial charge in [-0.1, -0.05) is 38.2 Å². The van der Waals surface area contributed by atoms with E-state index in [-0.39, 0.29) is 13.0 Å². The van der Waals surface area contributed by atoms with E-state index < -0.39 is 63.3 Å². The molecule has 3 unspecified atom stereocenters. The highest BCUT2D eigenvalue weighted by molar-refractivity contribution is 6.06. The molecule has 3 fully saturated rings. The number of rotatable bonds is 1. The van der Waals surface area contributed by atoms with E-state index in [1.54, 1.807) is 19.1 Å². The van der Waals surface area contributed by atoms with Crippen LogP contribution in [0.1, 0.15) is 34.1 Å². The number of Topliss-reactive ketones (excluding diaryl/α,β-unsaturated/α-hetero) is 1. The fourth-order valence-electron chi connectivity index (χ4n) is 6.62. The molecule has 0 aromatic carbocycles. The Morgan fingerprint density at radius 1 is 1.21 bits per heavy atom. The molecule has 6 aliphatic rings. The summed E-state index contributed by atoms with van der Waals surface area (Å²) in [5.74, 6) is -2.05. The number of ketones is 1. The van der Waals surface area contributed by atoms with Gasteiger partial charge in [-0.05, 0) is 13.3 Å². The second-order valence-corrected chi connectivity index (χ2v) is 9.57. The summed E-state index contributed by atoms with van der Waals surface area (Å²) in [7, 11) is 0. The van der Waals surface area contributed by atoms with E-state index in [9.17, 15) is 19.5 Å². The van der Waals surface area contributed by atoms with Gasteiger partial charge in [0, 0.05) is 18.3 Å². The number of aliphatic hydroxyl groups is 1. The average molecular weight is 388 g/mol. The third-order valence-electron chi connectivity index (χ3n) is 7.80. The highest BCUT2D eigenvalue weighted by Crippen LogP contribution is 2.74. The van der Waals surface area contributed by atoms with Gasteiger partial charge in [-0.2, -0.15) is 0 Å². The fraction of sp³-hybridized carbons (Fsp3) is 0.667. The summed E-state index contributed by atoms with van der Waals surface area (Å²) < 4.78 is 17.5. The molecule has 0 amide bonds. The van der Waals surface area contributed by atoms with E-state index in [0.29, 0.717) is 0 Å². The molecule has 2 heterocycles. The lowest BCUT2D eigenvalue weighted by Crippen LogP contribution is -2.78. The molecule has 7 nitrogen and oxygen atoms in total. The molecule has 2 aliphatic heterocycles. The maximum absolute atomic E-state index is 14.1. The molecule has 0 aromatic rings. The zero-order valence-corrected chi connectivity index (χ0v) is 16.4. The zero-order valence-electron chi connectivity index (χ0n) is 16.4. The summed E-state index contributed by atoms with van der Waals surface area (Å²) in [4.78, 5) is 38.9. The van der Waals surface area contributed by atoms with E-state index in [2.05, 4.69) is 0 Å². The molecular formula is C21H24O7. The van der Waals surface area contributed by atoms with Gasteiger partial charge < -0.3 is 19.3 Å². The number of hydrogen-bond acceptors (Lipinski definition) is 7. The molecule has 0 aromatic heterocycles. The van der Waals surface area contributed by atoms with E-state index >= 15 is 0 Å². The van der Waals surface area contributed by atoms with E-state index in [1.807, 2.05) is 26.0 Å². The van der Waals surface area contributed by atoms with Gasteiger partial charge in [-0.15, -0.1) is 0 Å². The summed E-state index contributed by atoms with van der Waals surface area (Å²) >= 11 is 0. The minimum absolute atomic E-state index is 0.135. The molecule has 2 saturated heterocycles. The predicted octanol–water partition coefficient (Wildman–Crippen LogP) is 1.09. The predicted molar refractivity (Wildman–Crippen MR) is 94.8 cm³/mol.